The highest BCUT2D eigenvalue weighted by Gasteiger charge is 2.27. The first kappa shape index (κ1) is 25.9. The number of thiophene rings is 1. The molecule has 32 heavy (non-hydrogen) atoms. The summed E-state index contributed by atoms with van der Waals surface area (Å²) in [7, 11) is 1.94. The van der Waals surface area contributed by atoms with Crippen LogP contribution in [0.1, 0.15) is 71.4 Å². The summed E-state index contributed by atoms with van der Waals surface area (Å²) in [6.07, 6.45) is 3.90. The van der Waals surface area contributed by atoms with E-state index in [0.29, 0.717) is 15.5 Å². The van der Waals surface area contributed by atoms with Crippen molar-refractivity contribution in [3.63, 3.8) is 0 Å². The quantitative estimate of drug-likeness (QED) is 0.435. The molecule has 7 heteroatoms. The maximum atomic E-state index is 11.6. The van der Waals surface area contributed by atoms with E-state index >= 15 is 0 Å². The van der Waals surface area contributed by atoms with Crippen LogP contribution in [0.3, 0.4) is 0 Å². The first-order chi connectivity index (χ1) is 15.0. The summed E-state index contributed by atoms with van der Waals surface area (Å²) in [5, 5.41) is 19.8. The van der Waals surface area contributed by atoms with Gasteiger partial charge in [-0.25, -0.2) is 4.79 Å². The maximum Gasteiger partial charge on any atom is 0.348 e. The van der Waals surface area contributed by atoms with Crippen LogP contribution in [-0.4, -0.2) is 41.7 Å². The van der Waals surface area contributed by atoms with Crippen molar-refractivity contribution in [3.05, 3.63) is 50.7 Å². The Morgan fingerprint density at radius 3 is 2.28 bits per heavy atom. The Morgan fingerprint density at radius 1 is 1.19 bits per heavy atom. The van der Waals surface area contributed by atoms with E-state index in [2.05, 4.69) is 11.8 Å². The number of carbonyl (C=O) groups is 2. The molecule has 3 rings (SSSR count). The highest BCUT2D eigenvalue weighted by atomic mass is 35.5. The number of carboxylic acids is 1. The van der Waals surface area contributed by atoms with Gasteiger partial charge in [0, 0.05) is 29.1 Å². The molecule has 5 nitrogen and oxygen atoms in total. The number of benzene rings is 1. The monoisotopic (exact) mass is 475 g/mol. The molecule has 1 aromatic carbocycles. The Bertz CT molecular complexity index is 974. The van der Waals surface area contributed by atoms with E-state index in [-0.39, 0.29) is 17.6 Å². The van der Waals surface area contributed by atoms with E-state index in [1.807, 2.05) is 38.8 Å². The van der Waals surface area contributed by atoms with Gasteiger partial charge < -0.3 is 15.1 Å². The number of hydrogen-bond acceptors (Lipinski definition) is 5. The first-order valence-electron chi connectivity index (χ1n) is 10.5. The molecule has 2 N–H and O–H groups in total. The van der Waals surface area contributed by atoms with Crippen molar-refractivity contribution in [2.75, 3.05) is 11.9 Å². The Morgan fingerprint density at radius 2 is 1.78 bits per heavy atom. The van der Waals surface area contributed by atoms with Crippen molar-refractivity contribution in [3.8, 4) is 11.8 Å². The fourth-order valence-electron chi connectivity index (χ4n) is 3.29. The lowest BCUT2D eigenvalue weighted by molar-refractivity contribution is 0.0702. The van der Waals surface area contributed by atoms with Crippen LogP contribution in [0.15, 0.2) is 30.3 Å². The van der Waals surface area contributed by atoms with Crippen LogP contribution in [0.25, 0.3) is 0 Å². The molecular weight excluding hydrogens is 446 g/mol. The van der Waals surface area contributed by atoms with Crippen molar-refractivity contribution in [1.29, 1.82) is 0 Å². The average molecular weight is 476 g/mol. The second kappa shape index (κ2) is 11.5. The van der Waals surface area contributed by atoms with Gasteiger partial charge in [-0.2, -0.15) is 0 Å². The van der Waals surface area contributed by atoms with Crippen molar-refractivity contribution < 1.29 is 19.8 Å². The van der Waals surface area contributed by atoms with Crippen LogP contribution in [-0.2, 0) is 0 Å². The smallest absolute Gasteiger partial charge is 0.348 e. The number of halogens is 1. The lowest BCUT2D eigenvalue weighted by Crippen LogP contribution is -2.36. The number of carboxylic acid groups (broad SMARTS) is 1. The minimum absolute atomic E-state index is 0.112. The number of nitrogens with zero attached hydrogens (tertiary/aromatic N) is 1. The lowest BCUT2D eigenvalue weighted by atomic mass is 9.92. The van der Waals surface area contributed by atoms with Crippen LogP contribution >= 0.6 is 22.9 Å². The van der Waals surface area contributed by atoms with Gasteiger partial charge in [-0.05, 0) is 64.7 Å². The van der Waals surface area contributed by atoms with Crippen LogP contribution in [0.2, 0.25) is 5.02 Å². The zero-order chi connectivity index (χ0) is 23.9. The summed E-state index contributed by atoms with van der Waals surface area (Å²) in [6.45, 7) is 6.10. The summed E-state index contributed by atoms with van der Waals surface area (Å²) in [4.78, 5) is 24.8. The lowest BCUT2D eigenvalue weighted by Gasteiger charge is -2.34. The molecule has 0 aliphatic heterocycles. The fraction of sp³-hybridized carbons (Fsp3) is 0.440. The third-order valence-corrected chi connectivity index (χ3v) is 6.35. The minimum Gasteiger partial charge on any atom is -0.477 e. The zero-order valence-corrected chi connectivity index (χ0v) is 20.5. The SMILES string of the molecule is CN(c1cc(C#CC(C)(C)C)sc1C(=O)O)C1CCC(O)CC1.O=Cc1ccc(Cl)cc1. The number of aldehydes is 1. The van der Waals surface area contributed by atoms with Gasteiger partial charge in [0.15, 0.2) is 0 Å². The Hall–Kier alpha value is -2.33. The molecule has 1 fully saturated rings. The number of rotatable bonds is 4. The van der Waals surface area contributed by atoms with Crippen LogP contribution < -0.4 is 4.90 Å². The first-order valence-corrected chi connectivity index (χ1v) is 11.7. The van der Waals surface area contributed by atoms with Gasteiger partial charge in [-0.3, -0.25) is 4.79 Å². The molecule has 2 aromatic rings. The maximum absolute atomic E-state index is 11.6. The Labute approximate surface area is 199 Å². The molecule has 0 bridgehead atoms. The van der Waals surface area contributed by atoms with Gasteiger partial charge in [-0.1, -0.05) is 35.6 Å². The number of aliphatic hydroxyl groups is 1. The summed E-state index contributed by atoms with van der Waals surface area (Å²) in [6, 6.07) is 8.88. The highest BCUT2D eigenvalue weighted by Crippen LogP contribution is 2.34. The number of aliphatic hydroxyl groups excluding tert-OH is 1. The number of hydrogen-bond donors (Lipinski definition) is 2. The van der Waals surface area contributed by atoms with Crippen molar-refractivity contribution >= 4 is 40.9 Å². The van der Waals surface area contributed by atoms with Crippen molar-refractivity contribution in [1.82, 2.24) is 0 Å². The molecule has 1 aliphatic carbocycles. The zero-order valence-electron chi connectivity index (χ0n) is 18.9. The number of carbonyl (C=O) groups excluding carboxylic acids is 1. The third kappa shape index (κ3) is 7.98. The standard InChI is InChI=1S/C18H25NO3S.C7H5ClO/c1-18(2,3)10-9-14-11-15(16(23-14)17(21)22)19(4)12-5-7-13(20)8-6-12;8-7-3-1-6(5-9)2-4-7/h11-13,20H,5-8H2,1-4H3,(H,21,22);1-5H. The summed E-state index contributed by atoms with van der Waals surface area (Å²) < 4.78 is 0. The molecule has 1 aliphatic rings. The van der Waals surface area contributed by atoms with Gasteiger partial charge in [0.1, 0.15) is 11.2 Å². The molecule has 0 radical (unpaired) electrons. The fourth-order valence-corrected chi connectivity index (χ4v) is 4.30. The highest BCUT2D eigenvalue weighted by molar-refractivity contribution is 7.15. The molecule has 0 amide bonds. The van der Waals surface area contributed by atoms with E-state index < -0.39 is 5.97 Å². The predicted octanol–water partition coefficient (Wildman–Crippen LogP) is 5.74. The Balaban J connectivity index is 0.000000336. The van der Waals surface area contributed by atoms with Gasteiger partial charge >= 0.3 is 5.97 Å². The van der Waals surface area contributed by atoms with Crippen LogP contribution in [0.4, 0.5) is 5.69 Å². The second-order valence-corrected chi connectivity index (χ2v) is 10.4. The van der Waals surface area contributed by atoms with E-state index in [1.54, 1.807) is 24.3 Å². The normalized spacial score (nSPS) is 17.9. The Kier molecular flexibility index (Phi) is 9.33. The van der Waals surface area contributed by atoms with Gasteiger partial charge in [0.05, 0.1) is 16.7 Å². The second-order valence-electron chi connectivity index (χ2n) is 8.87. The van der Waals surface area contributed by atoms with E-state index in [1.165, 1.54) is 11.3 Å². The van der Waals surface area contributed by atoms with E-state index in [4.69, 9.17) is 11.6 Å². The topological polar surface area (TPSA) is 77.8 Å². The summed E-state index contributed by atoms with van der Waals surface area (Å²) in [5.41, 5.74) is 1.28. The molecule has 1 heterocycles. The molecule has 0 spiro atoms. The van der Waals surface area contributed by atoms with Crippen molar-refractivity contribution in [2.45, 2.75) is 58.6 Å². The van der Waals surface area contributed by atoms with Crippen molar-refractivity contribution in [2.24, 2.45) is 5.41 Å². The predicted molar refractivity (Wildman–Crippen MR) is 131 cm³/mol. The van der Waals surface area contributed by atoms with Crippen LogP contribution in [0, 0.1) is 17.3 Å². The van der Waals surface area contributed by atoms with Gasteiger partial charge in [0.2, 0.25) is 0 Å². The summed E-state index contributed by atoms with van der Waals surface area (Å²) >= 11 is 6.79. The third-order valence-electron chi connectivity index (χ3n) is 5.07. The molecule has 0 atom stereocenters. The summed E-state index contributed by atoms with van der Waals surface area (Å²) in [5.74, 6) is 5.36. The minimum atomic E-state index is -0.906. The van der Waals surface area contributed by atoms with Crippen LogP contribution in [0.5, 0.6) is 0 Å². The molecule has 1 aromatic heterocycles. The van der Waals surface area contributed by atoms with E-state index in [9.17, 15) is 19.8 Å². The average Bonchev–Trinajstić information content (AvgIpc) is 3.18. The van der Waals surface area contributed by atoms with Gasteiger partial charge in [0.25, 0.3) is 0 Å². The van der Waals surface area contributed by atoms with Gasteiger partial charge in [-0.15, -0.1) is 11.3 Å². The largest absolute Gasteiger partial charge is 0.477 e. The number of aromatic carboxylic acids is 1. The molecule has 0 unspecified atom stereocenters. The molecule has 0 saturated heterocycles. The molecule has 172 valence electrons. The number of anilines is 1. The van der Waals surface area contributed by atoms with E-state index in [0.717, 1.165) is 42.5 Å². The molecular formula is C25H30ClNO4S. The molecule has 1 saturated carbocycles.